The third-order valence-electron chi connectivity index (χ3n) is 5.02. The number of alkyl halides is 2. The predicted octanol–water partition coefficient (Wildman–Crippen LogP) is 6.89. The van der Waals surface area contributed by atoms with Crippen LogP contribution in [0, 0.1) is 13.8 Å². The third-order valence-corrected chi connectivity index (χ3v) is 5.74. The summed E-state index contributed by atoms with van der Waals surface area (Å²) in [6.07, 6.45) is 0.0750. The topological polar surface area (TPSA) is 9.23 Å². The largest absolute Gasteiger partial charge is 0.370 e. The van der Waals surface area contributed by atoms with E-state index < -0.39 is 17.9 Å². The summed E-state index contributed by atoms with van der Waals surface area (Å²) < 4.78 is 35.0. The zero-order valence-corrected chi connectivity index (χ0v) is 17.7. The van der Waals surface area contributed by atoms with Crippen molar-refractivity contribution in [2.75, 3.05) is 13.8 Å². The molecule has 2 rings (SSSR count). The van der Waals surface area contributed by atoms with Gasteiger partial charge in [-0.15, -0.1) is 12.6 Å². The standard InChI is InChI=1S/C22H25ClF2OS/c1-14-8-18(11-19(23)9-14)22(26-5,21(4,25)13-24)12-16(3)17-6-7-20(27)15(2)10-17/h6-11,27H,3,12-13H2,1-2,4-5H3. The van der Waals surface area contributed by atoms with Gasteiger partial charge in [-0.05, 0) is 66.8 Å². The van der Waals surface area contributed by atoms with Crippen molar-refractivity contribution in [2.24, 2.45) is 0 Å². The summed E-state index contributed by atoms with van der Waals surface area (Å²) in [5.41, 5.74) is -0.0613. The molecule has 0 saturated heterocycles. The van der Waals surface area contributed by atoms with E-state index in [1.807, 2.05) is 32.0 Å². The van der Waals surface area contributed by atoms with Gasteiger partial charge in [0.05, 0.1) is 0 Å². The lowest BCUT2D eigenvalue weighted by Gasteiger charge is -2.42. The van der Waals surface area contributed by atoms with Crippen molar-refractivity contribution in [3.63, 3.8) is 0 Å². The number of hydrogen-bond donors (Lipinski definition) is 1. The van der Waals surface area contributed by atoms with E-state index in [2.05, 4.69) is 19.2 Å². The Hall–Kier alpha value is -1.36. The first kappa shape index (κ1) is 21.9. The summed E-state index contributed by atoms with van der Waals surface area (Å²) in [4.78, 5) is 0.856. The number of rotatable bonds is 7. The maximum atomic E-state index is 15.5. The van der Waals surface area contributed by atoms with Crippen molar-refractivity contribution in [1.82, 2.24) is 0 Å². The minimum Gasteiger partial charge on any atom is -0.370 e. The van der Waals surface area contributed by atoms with Crippen LogP contribution < -0.4 is 0 Å². The normalized spacial score (nSPS) is 15.9. The molecule has 2 unspecified atom stereocenters. The molecule has 0 saturated carbocycles. The Morgan fingerprint density at radius 1 is 1.22 bits per heavy atom. The van der Waals surface area contributed by atoms with Crippen LogP contribution >= 0.6 is 24.2 Å². The molecule has 0 N–H and O–H groups in total. The van der Waals surface area contributed by atoms with E-state index in [1.54, 1.807) is 18.2 Å². The molecule has 0 aliphatic heterocycles. The Labute approximate surface area is 170 Å². The number of ether oxygens (including phenoxy) is 1. The van der Waals surface area contributed by atoms with Crippen LogP contribution in [-0.4, -0.2) is 19.5 Å². The van der Waals surface area contributed by atoms with Gasteiger partial charge in [-0.25, -0.2) is 8.78 Å². The molecule has 0 aliphatic rings. The minimum absolute atomic E-state index is 0.0750. The van der Waals surface area contributed by atoms with Crippen LogP contribution in [0.2, 0.25) is 5.02 Å². The predicted molar refractivity (Wildman–Crippen MR) is 112 cm³/mol. The van der Waals surface area contributed by atoms with E-state index in [1.165, 1.54) is 14.0 Å². The number of benzene rings is 2. The molecule has 1 nitrogen and oxygen atoms in total. The smallest absolute Gasteiger partial charge is 0.169 e. The molecule has 146 valence electrons. The fraction of sp³-hybridized carbons (Fsp3) is 0.364. The maximum Gasteiger partial charge on any atom is 0.169 e. The molecule has 0 spiro atoms. The first-order chi connectivity index (χ1) is 12.6. The van der Waals surface area contributed by atoms with Gasteiger partial charge >= 0.3 is 0 Å². The van der Waals surface area contributed by atoms with Gasteiger partial charge in [-0.2, -0.15) is 0 Å². The van der Waals surface area contributed by atoms with Gasteiger partial charge in [0.15, 0.2) is 5.67 Å². The molecule has 27 heavy (non-hydrogen) atoms. The molecule has 0 bridgehead atoms. The number of aryl methyl sites for hydroxylation is 2. The SMILES string of the molecule is C=C(CC(OC)(c1cc(C)cc(Cl)c1)C(C)(F)CF)c1ccc(S)c(C)c1. The molecule has 5 heteroatoms. The molecule has 2 aromatic rings. The van der Waals surface area contributed by atoms with Crippen molar-refractivity contribution >= 4 is 29.8 Å². The first-order valence-electron chi connectivity index (χ1n) is 8.62. The summed E-state index contributed by atoms with van der Waals surface area (Å²) in [5.74, 6) is 0. The second-order valence-corrected chi connectivity index (χ2v) is 8.08. The molecule has 0 heterocycles. The Morgan fingerprint density at radius 3 is 2.41 bits per heavy atom. The number of hydrogen-bond acceptors (Lipinski definition) is 2. The van der Waals surface area contributed by atoms with Crippen molar-refractivity contribution in [3.05, 3.63) is 70.3 Å². The van der Waals surface area contributed by atoms with Crippen LogP contribution in [0.4, 0.5) is 8.78 Å². The highest BCUT2D eigenvalue weighted by Crippen LogP contribution is 2.46. The lowest BCUT2D eigenvalue weighted by Crippen LogP contribution is -2.49. The Kier molecular flexibility index (Phi) is 6.77. The molecular formula is C22H25ClF2OS. The highest BCUT2D eigenvalue weighted by molar-refractivity contribution is 7.80. The van der Waals surface area contributed by atoms with E-state index in [0.29, 0.717) is 16.2 Å². The van der Waals surface area contributed by atoms with Crippen molar-refractivity contribution < 1.29 is 13.5 Å². The van der Waals surface area contributed by atoms with Gasteiger partial charge in [-0.1, -0.05) is 36.4 Å². The minimum atomic E-state index is -2.28. The average Bonchev–Trinajstić information content (AvgIpc) is 2.60. The lowest BCUT2D eigenvalue weighted by atomic mass is 9.74. The molecular weight excluding hydrogens is 386 g/mol. The zero-order chi connectivity index (χ0) is 20.4. The summed E-state index contributed by atoms with van der Waals surface area (Å²) >= 11 is 10.6. The van der Waals surface area contributed by atoms with Crippen LogP contribution in [0.5, 0.6) is 0 Å². The molecule has 0 amide bonds. The van der Waals surface area contributed by atoms with Gasteiger partial charge < -0.3 is 4.74 Å². The monoisotopic (exact) mass is 410 g/mol. The van der Waals surface area contributed by atoms with Crippen LogP contribution in [0.1, 0.15) is 35.6 Å². The van der Waals surface area contributed by atoms with Crippen molar-refractivity contribution in [1.29, 1.82) is 0 Å². The van der Waals surface area contributed by atoms with Gasteiger partial charge in [-0.3, -0.25) is 0 Å². The van der Waals surface area contributed by atoms with Crippen LogP contribution in [0.15, 0.2) is 47.9 Å². The summed E-state index contributed by atoms with van der Waals surface area (Å²) in [6, 6.07) is 10.8. The van der Waals surface area contributed by atoms with Gasteiger partial charge in [0.1, 0.15) is 12.3 Å². The van der Waals surface area contributed by atoms with Gasteiger partial charge in [0.25, 0.3) is 0 Å². The van der Waals surface area contributed by atoms with Crippen LogP contribution in [-0.2, 0) is 10.3 Å². The van der Waals surface area contributed by atoms with Crippen LogP contribution in [0.25, 0.3) is 5.57 Å². The van der Waals surface area contributed by atoms with Gasteiger partial charge in [0, 0.05) is 23.4 Å². The highest BCUT2D eigenvalue weighted by atomic mass is 35.5. The lowest BCUT2D eigenvalue weighted by molar-refractivity contribution is -0.132. The maximum absolute atomic E-state index is 15.5. The summed E-state index contributed by atoms with van der Waals surface area (Å²) in [6.45, 7) is 7.92. The Morgan fingerprint density at radius 2 is 1.89 bits per heavy atom. The van der Waals surface area contributed by atoms with E-state index in [0.717, 1.165) is 21.6 Å². The number of methoxy groups -OCH3 is 1. The van der Waals surface area contributed by atoms with Crippen LogP contribution in [0.3, 0.4) is 0 Å². The van der Waals surface area contributed by atoms with E-state index in [-0.39, 0.29) is 6.42 Å². The molecule has 0 aliphatic carbocycles. The molecule has 0 aromatic heterocycles. The van der Waals surface area contributed by atoms with Crippen molar-refractivity contribution in [2.45, 2.75) is 43.4 Å². The second-order valence-electron chi connectivity index (χ2n) is 7.16. The van der Waals surface area contributed by atoms with Gasteiger partial charge in [0.2, 0.25) is 0 Å². The molecule has 0 fully saturated rings. The first-order valence-corrected chi connectivity index (χ1v) is 9.44. The summed E-state index contributed by atoms with van der Waals surface area (Å²) in [5, 5.41) is 0.446. The van der Waals surface area contributed by atoms with Crippen molar-refractivity contribution in [3.8, 4) is 0 Å². The van der Waals surface area contributed by atoms with E-state index in [4.69, 9.17) is 16.3 Å². The molecule has 2 atom stereocenters. The second kappa shape index (κ2) is 8.34. The van der Waals surface area contributed by atoms with E-state index >= 15 is 4.39 Å². The fourth-order valence-corrected chi connectivity index (χ4v) is 3.77. The molecule has 0 radical (unpaired) electrons. The van der Waals surface area contributed by atoms with E-state index in [9.17, 15) is 4.39 Å². The zero-order valence-electron chi connectivity index (χ0n) is 16.1. The molecule has 2 aromatic carbocycles. The summed E-state index contributed by atoms with van der Waals surface area (Å²) in [7, 11) is 1.39. The fourth-order valence-electron chi connectivity index (χ4n) is 3.35. The number of thiol groups is 1. The average molecular weight is 411 g/mol. The Bertz CT molecular complexity index is 830. The highest BCUT2D eigenvalue weighted by Gasteiger charge is 2.51. The Balaban J connectivity index is 2.58. The number of halogens is 3. The quantitative estimate of drug-likeness (QED) is 0.489. The third kappa shape index (κ3) is 4.39.